The van der Waals surface area contributed by atoms with Crippen molar-refractivity contribution in [1.82, 2.24) is 30.4 Å². The highest BCUT2D eigenvalue weighted by Crippen LogP contribution is 2.46. The van der Waals surface area contributed by atoms with Crippen LogP contribution in [0.2, 0.25) is 0 Å². The summed E-state index contributed by atoms with van der Waals surface area (Å²) >= 11 is 1.46. The quantitative estimate of drug-likeness (QED) is 0.161. The first kappa shape index (κ1) is 44.6. The van der Waals surface area contributed by atoms with Crippen LogP contribution < -0.4 is 25.4 Å². The molecule has 6 atom stereocenters. The number of ether oxygens (including phenoxy) is 3. The maximum Gasteiger partial charge on any atom is 0.408 e. The second-order valence-corrected chi connectivity index (χ2v) is 19.1. The van der Waals surface area contributed by atoms with Crippen molar-refractivity contribution in [3.63, 3.8) is 0 Å². The van der Waals surface area contributed by atoms with Crippen molar-refractivity contribution in [2.24, 2.45) is 11.3 Å². The van der Waals surface area contributed by atoms with E-state index in [0.29, 0.717) is 59.6 Å². The Morgan fingerprint density at radius 3 is 2.60 bits per heavy atom. The van der Waals surface area contributed by atoms with Gasteiger partial charge in [0.05, 0.1) is 31.4 Å². The van der Waals surface area contributed by atoms with Crippen molar-refractivity contribution in [2.45, 2.75) is 128 Å². The molecule has 2 aromatic heterocycles. The predicted molar refractivity (Wildman–Crippen MR) is 234 cm³/mol. The standard InChI is InChI=1S/C45H59N7O9S/c1-26(2)46-42-48-34(25-62-42)33-21-36(30-17-16-28(59-6)19-32(30)47-33)60-29-20-35-39(54)50-45(41(56)57)22-27(45)13-10-8-7-9-11-14-31(40(55)52(35)23-29)49-43(58)61-37(44(3,4)5)24-51-18-12-15-38(51)53/h10,13,16-17,19,21,25-27,29,31,35,37H,7-9,11-12,14-15,18,20,22-24H2,1-6H3,(H,46,48)(H,49,58)(H,50,54)(H,56,57)/t27?,29-,31+,35+,37-,45-/m1/s1. The van der Waals surface area contributed by atoms with E-state index >= 15 is 0 Å². The van der Waals surface area contributed by atoms with E-state index in [0.717, 1.165) is 24.4 Å². The van der Waals surface area contributed by atoms with Crippen LogP contribution in [0.15, 0.2) is 41.8 Å². The van der Waals surface area contributed by atoms with Gasteiger partial charge in [0.15, 0.2) is 5.13 Å². The number of nitrogens with zero attached hydrogens (tertiary/aromatic N) is 4. The Labute approximate surface area is 366 Å². The van der Waals surface area contributed by atoms with Crippen molar-refractivity contribution in [1.29, 1.82) is 0 Å². The van der Waals surface area contributed by atoms with Gasteiger partial charge in [-0.15, -0.1) is 11.3 Å². The number of likely N-dealkylation sites (tertiary alicyclic amines) is 1. The molecule has 3 aliphatic heterocycles. The molecule has 334 valence electrons. The van der Waals surface area contributed by atoms with Gasteiger partial charge in [-0.2, -0.15) is 0 Å². The van der Waals surface area contributed by atoms with E-state index in [1.165, 1.54) is 16.2 Å². The molecule has 5 heterocycles. The van der Waals surface area contributed by atoms with Gasteiger partial charge in [-0.1, -0.05) is 45.8 Å². The third-order valence-corrected chi connectivity index (χ3v) is 12.9. The summed E-state index contributed by atoms with van der Waals surface area (Å²) in [6.07, 6.45) is 6.28. The van der Waals surface area contributed by atoms with Gasteiger partial charge in [-0.25, -0.2) is 19.6 Å². The summed E-state index contributed by atoms with van der Waals surface area (Å²) in [6.45, 7) is 10.7. The van der Waals surface area contributed by atoms with Gasteiger partial charge in [0.25, 0.3) is 0 Å². The zero-order valence-corrected chi connectivity index (χ0v) is 37.2. The van der Waals surface area contributed by atoms with Crippen molar-refractivity contribution in [3.8, 4) is 22.9 Å². The Hall–Kier alpha value is -5.45. The molecule has 1 aliphatic carbocycles. The Balaban J connectivity index is 1.19. The van der Waals surface area contributed by atoms with E-state index in [9.17, 15) is 29.1 Å². The number of amides is 4. The number of rotatable bonds is 11. The second kappa shape index (κ2) is 18.5. The number of allylic oxidation sites excluding steroid dienone is 1. The van der Waals surface area contributed by atoms with Crippen molar-refractivity contribution in [2.75, 3.05) is 32.1 Å². The molecule has 1 aromatic carbocycles. The SMILES string of the molecule is COc1ccc2c(O[C@@H]3C[C@H]4C(=O)N[C@]5(C(=O)O)CC5C=CCCCCC[C@H](NC(=O)O[C@H](CN5CCCC5=O)C(C)(C)C)C(=O)N4C3)cc(-c3csc(NC(C)C)n3)nc2c1. The molecule has 16 nitrogen and oxygen atoms in total. The van der Waals surface area contributed by atoms with E-state index in [2.05, 4.69) is 16.0 Å². The number of carboxylic acid groups (broad SMARTS) is 1. The minimum absolute atomic E-state index is 0.0133. The van der Waals surface area contributed by atoms with Crippen molar-refractivity contribution in [3.05, 3.63) is 41.8 Å². The topological polar surface area (TPSA) is 202 Å². The van der Waals surface area contributed by atoms with E-state index < -0.39 is 59.1 Å². The van der Waals surface area contributed by atoms with E-state index in [-0.39, 0.29) is 50.2 Å². The van der Waals surface area contributed by atoms with Crippen LogP contribution in [0.3, 0.4) is 0 Å². The third-order valence-electron chi connectivity index (χ3n) is 12.1. The molecule has 4 amide bonds. The number of fused-ring (bicyclic) bond motifs is 3. The fourth-order valence-corrected chi connectivity index (χ4v) is 9.31. The number of pyridine rings is 1. The number of anilines is 1. The minimum Gasteiger partial charge on any atom is -0.497 e. The molecule has 7 rings (SSSR count). The molecule has 0 bridgehead atoms. The molecule has 2 saturated heterocycles. The van der Waals surface area contributed by atoms with E-state index in [1.54, 1.807) is 30.2 Å². The van der Waals surface area contributed by atoms with Crippen LogP contribution >= 0.6 is 11.3 Å². The Kier molecular flexibility index (Phi) is 13.3. The number of hydrogen-bond donors (Lipinski definition) is 4. The number of thiazole rings is 1. The molecular weight excluding hydrogens is 815 g/mol. The number of aliphatic carboxylic acids is 1. The zero-order valence-electron chi connectivity index (χ0n) is 36.4. The summed E-state index contributed by atoms with van der Waals surface area (Å²) < 4.78 is 18.3. The lowest BCUT2D eigenvalue weighted by atomic mass is 9.88. The summed E-state index contributed by atoms with van der Waals surface area (Å²) in [5.41, 5.74) is -0.232. The molecule has 1 unspecified atom stereocenters. The van der Waals surface area contributed by atoms with Gasteiger partial charge in [-0.3, -0.25) is 14.4 Å². The molecule has 0 radical (unpaired) electrons. The molecule has 1 saturated carbocycles. The maximum absolute atomic E-state index is 14.9. The number of hydrogen-bond acceptors (Lipinski definition) is 12. The highest BCUT2D eigenvalue weighted by atomic mass is 32.1. The number of nitrogens with one attached hydrogen (secondary N) is 3. The van der Waals surface area contributed by atoms with E-state index in [4.69, 9.17) is 24.2 Å². The lowest BCUT2D eigenvalue weighted by Gasteiger charge is -2.34. The van der Waals surface area contributed by atoms with Crippen LogP contribution in [-0.2, 0) is 23.9 Å². The summed E-state index contributed by atoms with van der Waals surface area (Å²) in [5.74, 6) is -1.57. The average molecular weight is 874 g/mol. The lowest BCUT2D eigenvalue weighted by molar-refractivity contribution is -0.145. The van der Waals surface area contributed by atoms with Crippen LogP contribution in [0, 0.1) is 11.3 Å². The van der Waals surface area contributed by atoms with Gasteiger partial charge in [0.1, 0.15) is 47.0 Å². The predicted octanol–water partition coefficient (Wildman–Crippen LogP) is 6.15. The fraction of sp³-hybridized carbons (Fsp3) is 0.578. The van der Waals surface area contributed by atoms with Gasteiger partial charge in [-0.05, 0) is 58.1 Å². The zero-order chi connectivity index (χ0) is 44.3. The normalized spacial score (nSPS) is 25.0. The number of benzene rings is 1. The highest BCUT2D eigenvalue weighted by Gasteiger charge is 2.61. The maximum atomic E-state index is 14.9. The first-order valence-electron chi connectivity index (χ1n) is 21.7. The summed E-state index contributed by atoms with van der Waals surface area (Å²) in [4.78, 5) is 81.0. The summed E-state index contributed by atoms with van der Waals surface area (Å²) in [5, 5.41) is 22.7. The third kappa shape index (κ3) is 10.1. The van der Waals surface area contributed by atoms with Crippen LogP contribution in [-0.4, -0.2) is 117 Å². The Morgan fingerprint density at radius 2 is 1.89 bits per heavy atom. The largest absolute Gasteiger partial charge is 0.497 e. The Bertz CT molecular complexity index is 2200. The molecular formula is C45H59N7O9S. The van der Waals surface area contributed by atoms with Gasteiger partial charge >= 0.3 is 12.1 Å². The number of alkyl carbamates (subject to hydrolysis) is 1. The van der Waals surface area contributed by atoms with Crippen molar-refractivity contribution >= 4 is 57.2 Å². The van der Waals surface area contributed by atoms with E-state index in [1.807, 2.05) is 58.2 Å². The number of methoxy groups -OCH3 is 1. The average Bonchev–Trinajstić information content (AvgIpc) is 3.55. The van der Waals surface area contributed by atoms with Gasteiger partial charge < -0.3 is 45.1 Å². The molecule has 4 N–H and O–H groups in total. The second-order valence-electron chi connectivity index (χ2n) is 18.3. The Morgan fingerprint density at radius 1 is 1.08 bits per heavy atom. The minimum atomic E-state index is -1.49. The monoisotopic (exact) mass is 873 g/mol. The van der Waals surface area contributed by atoms with Crippen LogP contribution in [0.25, 0.3) is 22.3 Å². The summed E-state index contributed by atoms with van der Waals surface area (Å²) in [7, 11) is 1.57. The number of carbonyl (C=O) groups excluding carboxylic acids is 4. The number of carboxylic acids is 1. The van der Waals surface area contributed by atoms with Crippen LogP contribution in [0.5, 0.6) is 11.5 Å². The van der Waals surface area contributed by atoms with Gasteiger partial charge in [0, 0.05) is 59.7 Å². The lowest BCUT2D eigenvalue weighted by Crippen LogP contribution is -2.56. The first-order chi connectivity index (χ1) is 29.5. The van der Waals surface area contributed by atoms with Crippen LogP contribution in [0.4, 0.5) is 9.93 Å². The fourth-order valence-electron chi connectivity index (χ4n) is 8.45. The molecule has 3 fully saturated rings. The van der Waals surface area contributed by atoms with Crippen LogP contribution in [0.1, 0.15) is 92.4 Å². The first-order valence-corrected chi connectivity index (χ1v) is 22.6. The smallest absolute Gasteiger partial charge is 0.408 e. The molecule has 17 heteroatoms. The molecule has 62 heavy (non-hydrogen) atoms. The van der Waals surface area contributed by atoms with Crippen molar-refractivity contribution < 1.29 is 43.3 Å². The number of carbonyl (C=O) groups is 5. The summed E-state index contributed by atoms with van der Waals surface area (Å²) in [6, 6.07) is 5.24. The van der Waals surface area contributed by atoms with Gasteiger partial charge in [0.2, 0.25) is 17.7 Å². The molecule has 3 aromatic rings. The molecule has 0 spiro atoms. The highest BCUT2D eigenvalue weighted by molar-refractivity contribution is 7.14. The number of aromatic nitrogens is 2. The molecule has 4 aliphatic rings.